The molecule has 30 heavy (non-hydrogen) atoms. The number of nitrogens with zero attached hydrogens (tertiary/aromatic N) is 1. The van der Waals surface area contributed by atoms with Gasteiger partial charge >= 0.3 is 5.97 Å². The maximum Gasteiger partial charge on any atom is 0.337 e. The fourth-order valence-electron chi connectivity index (χ4n) is 3.73. The number of aliphatic hydroxyl groups excluding tert-OH is 1. The van der Waals surface area contributed by atoms with Crippen LogP contribution in [0.3, 0.4) is 0 Å². The molecule has 0 fully saturated rings. The number of carbonyl (C=O) groups is 2. The van der Waals surface area contributed by atoms with Crippen LogP contribution in [0.25, 0.3) is 11.0 Å². The lowest BCUT2D eigenvalue weighted by Crippen LogP contribution is -2.31. The summed E-state index contributed by atoms with van der Waals surface area (Å²) in [6.07, 6.45) is 0.343. The molecule has 1 atom stereocenters. The van der Waals surface area contributed by atoms with Crippen molar-refractivity contribution in [3.63, 3.8) is 0 Å². The molecule has 3 aromatic rings. The third kappa shape index (κ3) is 3.26. The van der Waals surface area contributed by atoms with Crippen molar-refractivity contribution in [1.82, 2.24) is 4.90 Å². The zero-order chi connectivity index (χ0) is 21.4. The minimum Gasteiger partial charge on any atom is -0.465 e. The Morgan fingerprint density at radius 1 is 1.20 bits per heavy atom. The number of aliphatic hydroxyl groups is 1. The standard InChI is InChI=1S/C22H18ClNO6/c1-29-22(28)13-5-3-12(4-6-13)18-17-19(26)15-11-14(23)7-8-16(15)30-20(17)21(27)24(18)9-2-10-25/h3-8,11,18,25H,2,9-10H2,1H3/t18-/m0/s1. The van der Waals surface area contributed by atoms with Crippen LogP contribution in [0.4, 0.5) is 0 Å². The molecule has 0 aliphatic carbocycles. The molecule has 0 saturated carbocycles. The average molecular weight is 428 g/mol. The van der Waals surface area contributed by atoms with Gasteiger partial charge in [0.15, 0.2) is 5.43 Å². The highest BCUT2D eigenvalue weighted by Crippen LogP contribution is 2.38. The molecular formula is C22H18ClNO6. The van der Waals surface area contributed by atoms with Gasteiger partial charge in [0.1, 0.15) is 5.58 Å². The number of carbonyl (C=O) groups excluding carboxylic acids is 2. The van der Waals surface area contributed by atoms with Crippen LogP contribution in [0.15, 0.2) is 51.7 Å². The van der Waals surface area contributed by atoms with Crippen molar-refractivity contribution in [1.29, 1.82) is 0 Å². The minimum atomic E-state index is -0.703. The summed E-state index contributed by atoms with van der Waals surface area (Å²) >= 11 is 6.05. The van der Waals surface area contributed by atoms with E-state index in [0.717, 1.165) is 0 Å². The Morgan fingerprint density at radius 3 is 2.60 bits per heavy atom. The van der Waals surface area contributed by atoms with E-state index in [1.54, 1.807) is 36.4 Å². The molecule has 1 aromatic heterocycles. The lowest BCUT2D eigenvalue weighted by Gasteiger charge is -2.25. The highest BCUT2D eigenvalue weighted by molar-refractivity contribution is 6.31. The minimum absolute atomic E-state index is 0.0187. The first-order chi connectivity index (χ1) is 14.5. The number of ether oxygens (including phenoxy) is 1. The first-order valence-corrected chi connectivity index (χ1v) is 9.70. The number of methoxy groups -OCH3 is 1. The molecule has 4 rings (SSSR count). The van der Waals surface area contributed by atoms with Crippen molar-refractivity contribution in [3.8, 4) is 0 Å². The molecule has 1 aliphatic rings. The highest BCUT2D eigenvalue weighted by Gasteiger charge is 2.42. The van der Waals surface area contributed by atoms with Gasteiger partial charge in [-0.05, 0) is 42.3 Å². The molecule has 0 bridgehead atoms. The Bertz CT molecular complexity index is 1200. The molecule has 7 nitrogen and oxygen atoms in total. The van der Waals surface area contributed by atoms with Gasteiger partial charge in [0.05, 0.1) is 29.7 Å². The van der Waals surface area contributed by atoms with Crippen LogP contribution < -0.4 is 5.43 Å². The summed E-state index contributed by atoms with van der Waals surface area (Å²) < 4.78 is 10.5. The second-order valence-electron chi connectivity index (χ2n) is 6.91. The van der Waals surface area contributed by atoms with Gasteiger partial charge in [-0.3, -0.25) is 9.59 Å². The second kappa shape index (κ2) is 7.93. The zero-order valence-electron chi connectivity index (χ0n) is 16.1. The van der Waals surface area contributed by atoms with E-state index in [0.29, 0.717) is 22.6 Å². The first kappa shape index (κ1) is 20.1. The van der Waals surface area contributed by atoms with Gasteiger partial charge in [-0.15, -0.1) is 0 Å². The van der Waals surface area contributed by atoms with Crippen LogP contribution in [0.2, 0.25) is 5.02 Å². The molecule has 0 saturated heterocycles. The fraction of sp³-hybridized carbons (Fsp3) is 0.227. The topological polar surface area (TPSA) is 97.0 Å². The molecule has 8 heteroatoms. The predicted molar refractivity (Wildman–Crippen MR) is 110 cm³/mol. The van der Waals surface area contributed by atoms with Crippen LogP contribution in [0, 0.1) is 0 Å². The summed E-state index contributed by atoms with van der Waals surface area (Å²) in [4.78, 5) is 39.6. The summed E-state index contributed by atoms with van der Waals surface area (Å²) in [6.45, 7) is 0.132. The van der Waals surface area contributed by atoms with E-state index in [1.165, 1.54) is 18.1 Å². The predicted octanol–water partition coefficient (Wildman–Crippen LogP) is 3.16. The second-order valence-corrected chi connectivity index (χ2v) is 7.34. The van der Waals surface area contributed by atoms with Crippen molar-refractivity contribution in [2.75, 3.05) is 20.3 Å². The number of hydrogen-bond donors (Lipinski definition) is 1. The summed E-state index contributed by atoms with van der Waals surface area (Å²) in [5.41, 5.74) is 1.15. The summed E-state index contributed by atoms with van der Waals surface area (Å²) in [5.74, 6) is -0.925. The Kier molecular flexibility index (Phi) is 5.32. The van der Waals surface area contributed by atoms with E-state index in [1.807, 2.05) is 0 Å². The van der Waals surface area contributed by atoms with Gasteiger partial charge in [0, 0.05) is 18.2 Å². The number of fused-ring (bicyclic) bond motifs is 2. The molecule has 1 N–H and O–H groups in total. The number of amides is 1. The van der Waals surface area contributed by atoms with Gasteiger partial charge in [-0.1, -0.05) is 23.7 Å². The van der Waals surface area contributed by atoms with E-state index in [-0.39, 0.29) is 40.9 Å². The summed E-state index contributed by atoms with van der Waals surface area (Å²) in [6, 6.07) is 10.5. The smallest absolute Gasteiger partial charge is 0.337 e. The molecule has 154 valence electrons. The molecule has 1 aliphatic heterocycles. The van der Waals surface area contributed by atoms with Crippen LogP contribution in [0.1, 0.15) is 44.5 Å². The van der Waals surface area contributed by atoms with Crippen LogP contribution >= 0.6 is 11.6 Å². The molecule has 0 spiro atoms. The maximum atomic E-state index is 13.3. The van der Waals surface area contributed by atoms with Crippen LogP contribution in [-0.4, -0.2) is 42.1 Å². The molecule has 0 radical (unpaired) electrons. The number of rotatable bonds is 5. The molecule has 1 amide bonds. The number of esters is 1. The van der Waals surface area contributed by atoms with Crippen molar-refractivity contribution in [2.24, 2.45) is 0 Å². The molecular weight excluding hydrogens is 410 g/mol. The lowest BCUT2D eigenvalue weighted by molar-refractivity contribution is 0.0599. The van der Waals surface area contributed by atoms with E-state index in [9.17, 15) is 19.5 Å². The fourth-order valence-corrected chi connectivity index (χ4v) is 3.90. The largest absolute Gasteiger partial charge is 0.465 e. The van der Waals surface area contributed by atoms with Gasteiger partial charge in [0.25, 0.3) is 5.91 Å². The third-order valence-electron chi connectivity index (χ3n) is 5.13. The van der Waals surface area contributed by atoms with Crippen molar-refractivity contribution < 1.29 is 23.8 Å². The number of benzene rings is 2. The monoisotopic (exact) mass is 427 g/mol. The maximum absolute atomic E-state index is 13.3. The first-order valence-electron chi connectivity index (χ1n) is 9.32. The SMILES string of the molecule is COC(=O)c1ccc([C@H]2c3c(oc4ccc(Cl)cc4c3=O)C(=O)N2CCCO)cc1. The normalized spacial score (nSPS) is 15.5. The van der Waals surface area contributed by atoms with Crippen molar-refractivity contribution in [3.05, 3.63) is 80.2 Å². The molecule has 2 heterocycles. The summed E-state index contributed by atoms with van der Waals surface area (Å²) in [5, 5.41) is 9.93. The highest BCUT2D eigenvalue weighted by atomic mass is 35.5. The average Bonchev–Trinajstić information content (AvgIpc) is 3.04. The lowest BCUT2D eigenvalue weighted by atomic mass is 9.97. The Morgan fingerprint density at radius 2 is 1.93 bits per heavy atom. The number of hydrogen-bond acceptors (Lipinski definition) is 6. The van der Waals surface area contributed by atoms with E-state index in [2.05, 4.69) is 0 Å². The van der Waals surface area contributed by atoms with Crippen LogP contribution in [0.5, 0.6) is 0 Å². The van der Waals surface area contributed by atoms with E-state index >= 15 is 0 Å². The molecule has 2 aromatic carbocycles. The van der Waals surface area contributed by atoms with E-state index in [4.69, 9.17) is 20.8 Å². The van der Waals surface area contributed by atoms with Crippen LogP contribution in [-0.2, 0) is 4.74 Å². The van der Waals surface area contributed by atoms with Gasteiger partial charge in [0.2, 0.25) is 5.76 Å². The third-order valence-corrected chi connectivity index (χ3v) is 5.37. The Hall–Kier alpha value is -3.16. The quantitative estimate of drug-likeness (QED) is 0.628. The van der Waals surface area contributed by atoms with Crippen molar-refractivity contribution in [2.45, 2.75) is 12.5 Å². The van der Waals surface area contributed by atoms with Gasteiger partial charge in [-0.2, -0.15) is 0 Å². The molecule has 0 unspecified atom stereocenters. The number of halogens is 1. The zero-order valence-corrected chi connectivity index (χ0v) is 16.8. The Labute approximate surface area is 176 Å². The Balaban J connectivity index is 1.90. The van der Waals surface area contributed by atoms with Gasteiger partial charge < -0.3 is 19.2 Å². The van der Waals surface area contributed by atoms with Gasteiger partial charge in [-0.25, -0.2) is 4.79 Å². The van der Waals surface area contributed by atoms with E-state index < -0.39 is 17.9 Å². The van der Waals surface area contributed by atoms with Crippen molar-refractivity contribution >= 4 is 34.4 Å². The summed E-state index contributed by atoms with van der Waals surface area (Å²) in [7, 11) is 1.29.